The van der Waals surface area contributed by atoms with Crippen LogP contribution in [-0.2, 0) is 26.9 Å². The molecule has 2 aromatic carbocycles. The summed E-state index contributed by atoms with van der Waals surface area (Å²) in [6.45, 7) is 2.09. The highest BCUT2D eigenvalue weighted by molar-refractivity contribution is 7.90. The number of likely N-dealkylation sites (N-methyl/N-ethyl adjacent to an activating group) is 1. The molecule has 6 nitrogen and oxygen atoms in total. The van der Waals surface area contributed by atoms with E-state index in [2.05, 4.69) is 11.9 Å². The second-order valence-electron chi connectivity index (χ2n) is 8.42. The highest BCUT2D eigenvalue weighted by Gasteiger charge is 2.26. The molecule has 31 heavy (non-hydrogen) atoms. The number of para-hydroxylation sites is 1. The van der Waals surface area contributed by atoms with Crippen LogP contribution in [0.25, 0.3) is 10.9 Å². The van der Waals surface area contributed by atoms with Crippen LogP contribution in [0.5, 0.6) is 0 Å². The average Bonchev–Trinajstić information content (AvgIpc) is 3.14. The molecule has 0 aliphatic carbocycles. The number of benzene rings is 2. The minimum absolute atomic E-state index is 0.00214. The zero-order valence-electron chi connectivity index (χ0n) is 18.1. The van der Waals surface area contributed by atoms with Crippen molar-refractivity contribution in [3.05, 3.63) is 66.4 Å². The van der Waals surface area contributed by atoms with Crippen LogP contribution in [-0.4, -0.2) is 61.9 Å². The second kappa shape index (κ2) is 8.85. The Morgan fingerprint density at radius 3 is 2.39 bits per heavy atom. The summed E-state index contributed by atoms with van der Waals surface area (Å²) in [6, 6.07) is 16.8. The molecule has 2 heterocycles. The van der Waals surface area contributed by atoms with Gasteiger partial charge in [-0.2, -0.15) is 0 Å². The van der Waals surface area contributed by atoms with Crippen molar-refractivity contribution in [2.75, 3.05) is 27.2 Å². The molecule has 164 valence electrons. The average molecular weight is 440 g/mol. The summed E-state index contributed by atoms with van der Waals surface area (Å²) in [4.78, 5) is 17.4. The van der Waals surface area contributed by atoms with Gasteiger partial charge >= 0.3 is 0 Å². The highest BCUT2D eigenvalue weighted by Crippen LogP contribution is 2.28. The number of carbonyl (C=O) groups excluding carboxylic acids is 1. The normalized spacial score (nSPS) is 15.9. The number of aromatic nitrogens is 1. The Kier molecular flexibility index (Phi) is 6.16. The van der Waals surface area contributed by atoms with Crippen LogP contribution in [0.1, 0.15) is 18.4 Å². The molecule has 1 aliphatic rings. The number of hydrogen-bond donors (Lipinski definition) is 0. The van der Waals surface area contributed by atoms with Gasteiger partial charge in [-0.1, -0.05) is 48.5 Å². The van der Waals surface area contributed by atoms with Crippen molar-refractivity contribution >= 4 is 26.6 Å². The minimum Gasteiger partial charge on any atom is -0.341 e. The standard InChI is InChI=1S/C24H29N3O3S/c1-25-14-12-20(13-15-25)26(2)24(28)17-27-16-23(21-10-6-7-11-22(21)27)31(29,30)18-19-8-4-3-5-9-19/h3-11,16,20H,12-15,17-18H2,1-2H3. The summed E-state index contributed by atoms with van der Waals surface area (Å²) in [5.74, 6) is -0.0621. The summed E-state index contributed by atoms with van der Waals surface area (Å²) >= 11 is 0. The van der Waals surface area contributed by atoms with Gasteiger partial charge in [0.25, 0.3) is 0 Å². The fraction of sp³-hybridized carbons (Fsp3) is 0.375. The lowest BCUT2D eigenvalue weighted by atomic mass is 10.0. The quantitative estimate of drug-likeness (QED) is 0.592. The molecular weight excluding hydrogens is 410 g/mol. The number of hydrogen-bond acceptors (Lipinski definition) is 4. The van der Waals surface area contributed by atoms with Gasteiger partial charge < -0.3 is 14.4 Å². The number of fused-ring (bicyclic) bond motifs is 1. The van der Waals surface area contributed by atoms with Gasteiger partial charge in [-0.05, 0) is 44.6 Å². The third kappa shape index (κ3) is 4.67. The molecule has 1 amide bonds. The summed E-state index contributed by atoms with van der Waals surface area (Å²) < 4.78 is 28.2. The Labute approximate surface area is 184 Å². The number of nitrogens with zero attached hydrogens (tertiary/aromatic N) is 3. The first-order valence-corrected chi connectivity index (χ1v) is 12.3. The largest absolute Gasteiger partial charge is 0.341 e. The van der Waals surface area contributed by atoms with Gasteiger partial charge in [0.15, 0.2) is 9.84 Å². The van der Waals surface area contributed by atoms with E-state index in [1.807, 2.05) is 66.5 Å². The van der Waals surface area contributed by atoms with Gasteiger partial charge in [-0.15, -0.1) is 0 Å². The van der Waals surface area contributed by atoms with Crippen molar-refractivity contribution in [2.45, 2.75) is 36.1 Å². The lowest BCUT2D eigenvalue weighted by Gasteiger charge is -2.35. The lowest BCUT2D eigenvalue weighted by molar-refractivity contribution is -0.133. The third-order valence-corrected chi connectivity index (χ3v) is 7.93. The van der Waals surface area contributed by atoms with Crippen LogP contribution in [0, 0.1) is 0 Å². The van der Waals surface area contributed by atoms with Gasteiger partial charge in [-0.25, -0.2) is 8.42 Å². The Hall–Kier alpha value is -2.64. The first-order valence-electron chi connectivity index (χ1n) is 10.6. The van der Waals surface area contributed by atoms with Crippen molar-refractivity contribution < 1.29 is 13.2 Å². The molecule has 1 aliphatic heterocycles. The number of rotatable bonds is 6. The van der Waals surface area contributed by atoms with Gasteiger partial charge in [0.1, 0.15) is 6.54 Å². The molecule has 0 radical (unpaired) electrons. The molecule has 0 spiro atoms. The maximum atomic E-state index is 13.2. The molecule has 1 fully saturated rings. The number of carbonyl (C=O) groups is 1. The van der Waals surface area contributed by atoms with Crippen molar-refractivity contribution in [1.29, 1.82) is 0 Å². The molecule has 0 saturated carbocycles. The van der Waals surface area contributed by atoms with Crippen molar-refractivity contribution in [1.82, 2.24) is 14.4 Å². The van der Waals surface area contributed by atoms with Crippen LogP contribution in [0.15, 0.2) is 65.7 Å². The molecule has 1 aromatic heterocycles. The predicted molar refractivity (Wildman–Crippen MR) is 123 cm³/mol. The molecule has 0 atom stereocenters. The number of sulfone groups is 1. The zero-order chi connectivity index (χ0) is 22.0. The number of amides is 1. The summed E-state index contributed by atoms with van der Waals surface area (Å²) in [5, 5.41) is 0.660. The maximum Gasteiger partial charge on any atom is 0.242 e. The van der Waals surface area contributed by atoms with E-state index in [0.29, 0.717) is 5.39 Å². The fourth-order valence-corrected chi connectivity index (χ4v) is 5.89. The van der Waals surface area contributed by atoms with Crippen LogP contribution in [0.2, 0.25) is 0 Å². The first-order chi connectivity index (χ1) is 14.8. The van der Waals surface area contributed by atoms with E-state index in [1.165, 1.54) is 0 Å². The molecule has 4 rings (SSSR count). The van der Waals surface area contributed by atoms with Gasteiger partial charge in [0, 0.05) is 30.2 Å². The summed E-state index contributed by atoms with van der Waals surface area (Å²) in [6.07, 6.45) is 3.55. The Morgan fingerprint density at radius 2 is 1.68 bits per heavy atom. The number of likely N-dealkylation sites (tertiary alicyclic amines) is 1. The van der Waals surface area contributed by atoms with E-state index in [0.717, 1.165) is 37.0 Å². The monoisotopic (exact) mass is 439 g/mol. The third-order valence-electron chi connectivity index (χ3n) is 6.22. The highest BCUT2D eigenvalue weighted by atomic mass is 32.2. The van der Waals surface area contributed by atoms with Gasteiger partial charge in [0.05, 0.1) is 10.6 Å². The van der Waals surface area contributed by atoms with Crippen LogP contribution < -0.4 is 0 Å². The van der Waals surface area contributed by atoms with E-state index >= 15 is 0 Å². The molecule has 0 bridgehead atoms. The van der Waals surface area contributed by atoms with Crippen LogP contribution >= 0.6 is 0 Å². The first kappa shape index (κ1) is 21.6. The topological polar surface area (TPSA) is 62.6 Å². The van der Waals surface area contributed by atoms with Crippen molar-refractivity contribution in [3.63, 3.8) is 0 Å². The smallest absolute Gasteiger partial charge is 0.242 e. The Morgan fingerprint density at radius 1 is 1.03 bits per heavy atom. The van der Waals surface area contributed by atoms with Crippen LogP contribution in [0.4, 0.5) is 0 Å². The molecule has 0 N–H and O–H groups in total. The van der Waals surface area contributed by atoms with Gasteiger partial charge in [0.2, 0.25) is 5.91 Å². The van der Waals surface area contributed by atoms with E-state index in [4.69, 9.17) is 0 Å². The van der Waals surface area contributed by atoms with Crippen LogP contribution in [0.3, 0.4) is 0 Å². The SMILES string of the molecule is CN1CCC(N(C)C(=O)Cn2cc(S(=O)(=O)Cc3ccccc3)c3ccccc32)CC1. The molecule has 0 unspecified atom stereocenters. The lowest BCUT2D eigenvalue weighted by Crippen LogP contribution is -2.45. The summed E-state index contributed by atoms with van der Waals surface area (Å²) in [5.41, 5.74) is 1.51. The molecule has 3 aromatic rings. The van der Waals surface area contributed by atoms with E-state index in [1.54, 1.807) is 10.8 Å². The molecule has 7 heteroatoms. The predicted octanol–water partition coefficient (Wildman–Crippen LogP) is 3.17. The van der Waals surface area contributed by atoms with E-state index in [-0.39, 0.29) is 29.1 Å². The molecule has 1 saturated heterocycles. The fourth-order valence-electron chi connectivity index (χ4n) is 4.31. The Balaban J connectivity index is 1.60. The van der Waals surface area contributed by atoms with E-state index < -0.39 is 9.84 Å². The van der Waals surface area contributed by atoms with E-state index in [9.17, 15) is 13.2 Å². The second-order valence-corrected chi connectivity index (χ2v) is 10.4. The molecular formula is C24H29N3O3S. The number of piperidine rings is 1. The zero-order valence-corrected chi connectivity index (χ0v) is 18.9. The Bertz CT molecular complexity index is 1160. The maximum absolute atomic E-state index is 13.2. The summed E-state index contributed by atoms with van der Waals surface area (Å²) in [7, 11) is 0.404. The van der Waals surface area contributed by atoms with Crippen molar-refractivity contribution in [3.8, 4) is 0 Å². The van der Waals surface area contributed by atoms with Gasteiger partial charge in [-0.3, -0.25) is 4.79 Å². The minimum atomic E-state index is -3.55. The van der Waals surface area contributed by atoms with Crippen molar-refractivity contribution in [2.24, 2.45) is 0 Å².